The normalized spacial score (nSPS) is 19.8. The van der Waals surface area contributed by atoms with Gasteiger partial charge in [-0.1, -0.05) is 48.0 Å². The zero-order valence-electron chi connectivity index (χ0n) is 13.9. The van der Waals surface area contributed by atoms with Crippen LogP contribution in [0.4, 0.5) is 0 Å². The van der Waals surface area contributed by atoms with E-state index in [1.54, 1.807) is 4.90 Å². The summed E-state index contributed by atoms with van der Waals surface area (Å²) in [6.45, 7) is 2.43. The lowest BCUT2D eigenvalue weighted by atomic mass is 9.96. The van der Waals surface area contributed by atoms with Gasteiger partial charge in [-0.05, 0) is 30.0 Å². The molecule has 25 heavy (non-hydrogen) atoms. The van der Waals surface area contributed by atoms with Crippen molar-refractivity contribution in [2.75, 3.05) is 0 Å². The fraction of sp³-hybridized carbons (Fsp3) is 0.250. The molecule has 2 aromatic rings. The SMILES string of the molecule is Cc1ccc(-c2cccc3c2C(=O)N(C2CCC(=O)NC2=O)C3)cc1. The van der Waals surface area contributed by atoms with Crippen molar-refractivity contribution in [1.29, 1.82) is 0 Å². The van der Waals surface area contributed by atoms with Crippen LogP contribution in [0.25, 0.3) is 11.1 Å². The molecular weight excluding hydrogens is 316 g/mol. The van der Waals surface area contributed by atoms with Crippen LogP contribution in [-0.4, -0.2) is 28.7 Å². The topological polar surface area (TPSA) is 66.5 Å². The van der Waals surface area contributed by atoms with Crippen LogP contribution in [0.3, 0.4) is 0 Å². The number of benzene rings is 2. The maximum absolute atomic E-state index is 13.0. The Morgan fingerprint density at radius 1 is 1.04 bits per heavy atom. The number of nitrogens with zero attached hydrogens (tertiary/aromatic N) is 1. The molecule has 0 bridgehead atoms. The van der Waals surface area contributed by atoms with E-state index in [0.29, 0.717) is 18.5 Å². The Hall–Kier alpha value is -2.95. The molecule has 1 atom stereocenters. The third kappa shape index (κ3) is 2.61. The van der Waals surface area contributed by atoms with Gasteiger partial charge in [0.15, 0.2) is 0 Å². The molecule has 0 radical (unpaired) electrons. The van der Waals surface area contributed by atoms with E-state index in [9.17, 15) is 14.4 Å². The fourth-order valence-electron chi connectivity index (χ4n) is 3.59. The van der Waals surface area contributed by atoms with Crippen LogP contribution in [0.1, 0.15) is 34.3 Å². The summed E-state index contributed by atoms with van der Waals surface area (Å²) >= 11 is 0. The summed E-state index contributed by atoms with van der Waals surface area (Å²) in [5.74, 6) is -0.791. The zero-order valence-corrected chi connectivity index (χ0v) is 13.9. The Kier molecular flexibility index (Phi) is 3.64. The minimum atomic E-state index is -0.580. The molecule has 2 aliphatic rings. The van der Waals surface area contributed by atoms with Crippen molar-refractivity contribution in [1.82, 2.24) is 10.2 Å². The molecule has 5 nitrogen and oxygen atoms in total. The van der Waals surface area contributed by atoms with Crippen LogP contribution in [0.2, 0.25) is 0 Å². The first-order valence-corrected chi connectivity index (χ1v) is 8.38. The number of hydrogen-bond acceptors (Lipinski definition) is 3. The molecule has 0 aromatic heterocycles. The van der Waals surface area contributed by atoms with E-state index >= 15 is 0 Å². The van der Waals surface area contributed by atoms with Gasteiger partial charge in [-0.15, -0.1) is 0 Å². The van der Waals surface area contributed by atoms with Gasteiger partial charge >= 0.3 is 0 Å². The molecule has 5 heteroatoms. The number of imide groups is 1. The first-order valence-electron chi connectivity index (χ1n) is 8.38. The number of fused-ring (bicyclic) bond motifs is 1. The summed E-state index contributed by atoms with van der Waals surface area (Å²) in [6.07, 6.45) is 0.644. The average molecular weight is 334 g/mol. The van der Waals surface area contributed by atoms with Crippen LogP contribution in [-0.2, 0) is 16.1 Å². The van der Waals surface area contributed by atoms with Gasteiger partial charge < -0.3 is 4.90 Å². The predicted molar refractivity (Wildman–Crippen MR) is 92.7 cm³/mol. The summed E-state index contributed by atoms with van der Waals surface area (Å²) in [6, 6.07) is 13.3. The minimum Gasteiger partial charge on any atom is -0.322 e. The number of piperidine rings is 1. The number of aryl methyl sites for hydroxylation is 1. The third-order valence-corrected chi connectivity index (χ3v) is 4.92. The summed E-state index contributed by atoms with van der Waals surface area (Å²) in [4.78, 5) is 38.2. The van der Waals surface area contributed by atoms with E-state index < -0.39 is 6.04 Å². The second kappa shape index (κ2) is 5.84. The standard InChI is InChI=1S/C20H18N2O3/c1-12-5-7-13(8-6-12)15-4-2-3-14-11-22(20(25)18(14)15)16-9-10-17(23)21-19(16)24/h2-8,16H,9-11H2,1H3,(H,21,23,24). The van der Waals surface area contributed by atoms with E-state index in [4.69, 9.17) is 0 Å². The van der Waals surface area contributed by atoms with Crippen LogP contribution < -0.4 is 5.32 Å². The smallest absolute Gasteiger partial charge is 0.255 e. The van der Waals surface area contributed by atoms with Crippen molar-refractivity contribution in [3.63, 3.8) is 0 Å². The lowest BCUT2D eigenvalue weighted by molar-refractivity contribution is -0.136. The van der Waals surface area contributed by atoms with Crippen molar-refractivity contribution in [3.05, 3.63) is 59.2 Å². The van der Waals surface area contributed by atoms with Crippen LogP contribution in [0.5, 0.6) is 0 Å². The molecule has 126 valence electrons. The number of carbonyl (C=O) groups excluding carboxylic acids is 3. The van der Waals surface area contributed by atoms with Gasteiger partial charge in [0.1, 0.15) is 6.04 Å². The Morgan fingerprint density at radius 3 is 2.52 bits per heavy atom. The van der Waals surface area contributed by atoms with Crippen molar-refractivity contribution in [2.24, 2.45) is 0 Å². The van der Waals surface area contributed by atoms with Gasteiger partial charge in [-0.2, -0.15) is 0 Å². The van der Waals surface area contributed by atoms with Crippen LogP contribution in [0, 0.1) is 6.92 Å². The Morgan fingerprint density at radius 2 is 1.80 bits per heavy atom. The van der Waals surface area contributed by atoms with E-state index in [0.717, 1.165) is 22.3 Å². The highest BCUT2D eigenvalue weighted by molar-refractivity contribution is 6.08. The van der Waals surface area contributed by atoms with Crippen LogP contribution in [0.15, 0.2) is 42.5 Å². The highest BCUT2D eigenvalue weighted by Crippen LogP contribution is 2.34. The van der Waals surface area contributed by atoms with Gasteiger partial charge in [0.05, 0.1) is 5.56 Å². The summed E-state index contributed by atoms with van der Waals surface area (Å²) < 4.78 is 0. The zero-order chi connectivity index (χ0) is 17.6. The highest BCUT2D eigenvalue weighted by Gasteiger charge is 2.40. The van der Waals surface area contributed by atoms with Crippen LogP contribution >= 0.6 is 0 Å². The molecule has 4 rings (SSSR count). The van der Waals surface area contributed by atoms with Crippen molar-refractivity contribution in [3.8, 4) is 11.1 Å². The quantitative estimate of drug-likeness (QED) is 0.858. The van der Waals surface area contributed by atoms with Gasteiger partial charge in [0.2, 0.25) is 11.8 Å². The average Bonchev–Trinajstić information content (AvgIpc) is 2.93. The van der Waals surface area contributed by atoms with E-state index in [1.165, 1.54) is 0 Å². The number of carbonyl (C=O) groups is 3. The van der Waals surface area contributed by atoms with E-state index in [-0.39, 0.29) is 24.1 Å². The first-order chi connectivity index (χ1) is 12.0. The van der Waals surface area contributed by atoms with Gasteiger partial charge in [0, 0.05) is 13.0 Å². The molecule has 2 aromatic carbocycles. The molecule has 1 fully saturated rings. The molecule has 2 aliphatic heterocycles. The molecule has 1 N–H and O–H groups in total. The molecular formula is C20H18N2O3. The molecule has 1 unspecified atom stereocenters. The monoisotopic (exact) mass is 334 g/mol. The number of rotatable bonds is 2. The second-order valence-corrected chi connectivity index (χ2v) is 6.61. The maximum Gasteiger partial charge on any atom is 0.255 e. The Bertz CT molecular complexity index is 886. The lowest BCUT2D eigenvalue weighted by Gasteiger charge is -2.29. The van der Waals surface area contributed by atoms with E-state index in [2.05, 4.69) is 5.32 Å². The maximum atomic E-state index is 13.0. The fourth-order valence-corrected chi connectivity index (χ4v) is 3.59. The van der Waals surface area contributed by atoms with Gasteiger partial charge in [-0.3, -0.25) is 19.7 Å². The number of nitrogens with one attached hydrogen (secondary N) is 1. The van der Waals surface area contributed by atoms with E-state index in [1.807, 2.05) is 49.4 Å². The minimum absolute atomic E-state index is 0.138. The van der Waals surface area contributed by atoms with Gasteiger partial charge in [-0.25, -0.2) is 0 Å². The number of amides is 3. The molecule has 0 aliphatic carbocycles. The van der Waals surface area contributed by atoms with Crippen molar-refractivity contribution in [2.45, 2.75) is 32.4 Å². The number of hydrogen-bond donors (Lipinski definition) is 1. The predicted octanol–water partition coefficient (Wildman–Crippen LogP) is 2.42. The summed E-state index contributed by atoms with van der Waals surface area (Å²) in [5.41, 5.74) is 4.62. The van der Waals surface area contributed by atoms with Crippen molar-refractivity contribution < 1.29 is 14.4 Å². The molecule has 0 spiro atoms. The summed E-state index contributed by atoms with van der Waals surface area (Å²) in [5, 5.41) is 2.33. The molecule has 3 amide bonds. The summed E-state index contributed by atoms with van der Waals surface area (Å²) in [7, 11) is 0. The Labute approximate surface area is 145 Å². The highest BCUT2D eigenvalue weighted by atomic mass is 16.2. The molecule has 0 saturated carbocycles. The Balaban J connectivity index is 1.70. The molecule has 1 saturated heterocycles. The molecule has 2 heterocycles. The first kappa shape index (κ1) is 15.6. The lowest BCUT2D eigenvalue weighted by Crippen LogP contribution is -2.52. The second-order valence-electron chi connectivity index (χ2n) is 6.61. The largest absolute Gasteiger partial charge is 0.322 e. The van der Waals surface area contributed by atoms with Gasteiger partial charge in [0.25, 0.3) is 5.91 Å². The third-order valence-electron chi connectivity index (χ3n) is 4.92. The van der Waals surface area contributed by atoms with Crippen molar-refractivity contribution >= 4 is 17.7 Å².